The smallest absolute Gasteiger partial charge is 0.269 e. The Labute approximate surface area is 138 Å². The Morgan fingerprint density at radius 2 is 1.92 bits per heavy atom. The van der Waals surface area contributed by atoms with Crippen molar-refractivity contribution in [2.45, 2.75) is 12.8 Å². The fourth-order valence-corrected chi connectivity index (χ4v) is 2.43. The standard InChI is InChI=1S/C17H16N2O5/c1-11(12-2-5-14(6-3-12)19(21)22)9-18-17(20)13-4-7-15-16(8-13)24-10-23-15/h2-8,11H,9-10H2,1H3,(H,18,20)/t11-/m0/s1. The SMILES string of the molecule is C[C@@H](CNC(=O)c1ccc2c(c1)OCO2)c1ccc([N+](=O)[O-])cc1. The van der Waals surface area contributed by atoms with Crippen LogP contribution in [0.3, 0.4) is 0 Å². The van der Waals surface area contributed by atoms with Crippen LogP contribution in [0, 0.1) is 10.1 Å². The van der Waals surface area contributed by atoms with Gasteiger partial charge in [0.15, 0.2) is 11.5 Å². The van der Waals surface area contributed by atoms with E-state index in [2.05, 4.69) is 5.32 Å². The Bertz CT molecular complexity index is 773. The molecule has 0 saturated heterocycles. The highest BCUT2D eigenvalue weighted by atomic mass is 16.7. The molecule has 24 heavy (non-hydrogen) atoms. The number of hydrogen-bond donors (Lipinski definition) is 1. The van der Waals surface area contributed by atoms with E-state index in [1.165, 1.54) is 12.1 Å². The van der Waals surface area contributed by atoms with Gasteiger partial charge in [0.2, 0.25) is 6.79 Å². The van der Waals surface area contributed by atoms with Crippen LogP contribution < -0.4 is 14.8 Å². The zero-order valence-corrected chi connectivity index (χ0v) is 13.0. The molecule has 1 aliphatic heterocycles. The number of non-ortho nitro benzene ring substituents is 1. The first-order chi connectivity index (χ1) is 11.5. The molecule has 0 fully saturated rings. The number of ether oxygens (including phenoxy) is 2. The van der Waals surface area contributed by atoms with Crippen molar-refractivity contribution in [1.82, 2.24) is 5.32 Å². The molecule has 0 unspecified atom stereocenters. The highest BCUT2D eigenvalue weighted by Crippen LogP contribution is 2.32. The summed E-state index contributed by atoms with van der Waals surface area (Å²) in [7, 11) is 0. The molecule has 0 spiro atoms. The number of nitro groups is 1. The van der Waals surface area contributed by atoms with Gasteiger partial charge < -0.3 is 14.8 Å². The number of nitrogens with zero attached hydrogens (tertiary/aromatic N) is 1. The van der Waals surface area contributed by atoms with Gasteiger partial charge in [-0.1, -0.05) is 19.1 Å². The Morgan fingerprint density at radius 3 is 2.62 bits per heavy atom. The third kappa shape index (κ3) is 3.29. The van der Waals surface area contributed by atoms with Crippen molar-refractivity contribution in [3.05, 3.63) is 63.7 Å². The van der Waals surface area contributed by atoms with Crippen LogP contribution in [0.25, 0.3) is 0 Å². The summed E-state index contributed by atoms with van der Waals surface area (Å²) < 4.78 is 10.5. The minimum Gasteiger partial charge on any atom is -0.454 e. The molecule has 2 aromatic carbocycles. The second kappa shape index (κ2) is 6.57. The quantitative estimate of drug-likeness (QED) is 0.673. The van der Waals surface area contributed by atoms with Gasteiger partial charge in [0.25, 0.3) is 11.6 Å². The molecule has 0 bridgehead atoms. The Hall–Kier alpha value is -3.09. The molecular weight excluding hydrogens is 312 g/mol. The summed E-state index contributed by atoms with van der Waals surface area (Å²) in [5.41, 5.74) is 1.47. The van der Waals surface area contributed by atoms with E-state index in [-0.39, 0.29) is 24.3 Å². The normalized spacial score (nSPS) is 13.4. The topological polar surface area (TPSA) is 90.7 Å². The zero-order chi connectivity index (χ0) is 17.1. The van der Waals surface area contributed by atoms with E-state index in [4.69, 9.17) is 9.47 Å². The molecule has 1 amide bonds. The maximum absolute atomic E-state index is 12.2. The van der Waals surface area contributed by atoms with E-state index >= 15 is 0 Å². The molecule has 0 aliphatic carbocycles. The summed E-state index contributed by atoms with van der Waals surface area (Å²) in [6, 6.07) is 11.4. The molecule has 1 heterocycles. The molecule has 7 heteroatoms. The molecule has 0 radical (unpaired) electrons. The third-order valence-corrected chi connectivity index (χ3v) is 3.88. The van der Waals surface area contributed by atoms with E-state index in [1.54, 1.807) is 30.3 Å². The predicted octanol–water partition coefficient (Wildman–Crippen LogP) is 2.86. The van der Waals surface area contributed by atoms with Crippen molar-refractivity contribution in [1.29, 1.82) is 0 Å². The van der Waals surface area contributed by atoms with Gasteiger partial charge in [0.1, 0.15) is 0 Å². The minimum absolute atomic E-state index is 0.0313. The fraction of sp³-hybridized carbons (Fsp3) is 0.235. The number of rotatable bonds is 5. The van der Waals surface area contributed by atoms with Gasteiger partial charge in [-0.05, 0) is 29.7 Å². The highest BCUT2D eigenvalue weighted by Gasteiger charge is 2.17. The lowest BCUT2D eigenvalue weighted by Crippen LogP contribution is -2.27. The summed E-state index contributed by atoms with van der Waals surface area (Å²) in [5.74, 6) is 1.02. The summed E-state index contributed by atoms with van der Waals surface area (Å²) in [6.07, 6.45) is 0. The Balaban J connectivity index is 1.60. The molecule has 1 atom stereocenters. The number of carbonyl (C=O) groups is 1. The van der Waals surface area contributed by atoms with Crippen LogP contribution in [0.4, 0.5) is 5.69 Å². The van der Waals surface area contributed by atoms with Gasteiger partial charge >= 0.3 is 0 Å². The zero-order valence-electron chi connectivity index (χ0n) is 13.0. The van der Waals surface area contributed by atoms with Crippen molar-refractivity contribution >= 4 is 11.6 Å². The largest absolute Gasteiger partial charge is 0.454 e. The van der Waals surface area contributed by atoms with Gasteiger partial charge in [0, 0.05) is 24.2 Å². The lowest BCUT2D eigenvalue weighted by molar-refractivity contribution is -0.384. The van der Waals surface area contributed by atoms with Crippen LogP contribution in [-0.2, 0) is 0 Å². The van der Waals surface area contributed by atoms with Crippen molar-refractivity contribution in [2.75, 3.05) is 13.3 Å². The van der Waals surface area contributed by atoms with Gasteiger partial charge in [-0.3, -0.25) is 14.9 Å². The van der Waals surface area contributed by atoms with E-state index < -0.39 is 4.92 Å². The fourth-order valence-electron chi connectivity index (χ4n) is 2.43. The summed E-state index contributed by atoms with van der Waals surface area (Å²) in [4.78, 5) is 22.5. The van der Waals surface area contributed by atoms with Crippen LogP contribution in [0.2, 0.25) is 0 Å². The molecule has 1 N–H and O–H groups in total. The van der Waals surface area contributed by atoms with Crippen LogP contribution in [0.5, 0.6) is 11.5 Å². The van der Waals surface area contributed by atoms with E-state index in [1.807, 2.05) is 6.92 Å². The van der Waals surface area contributed by atoms with Gasteiger partial charge in [-0.15, -0.1) is 0 Å². The van der Waals surface area contributed by atoms with Gasteiger partial charge in [-0.25, -0.2) is 0 Å². The first kappa shape index (κ1) is 15.8. The average Bonchev–Trinajstić information content (AvgIpc) is 3.07. The van der Waals surface area contributed by atoms with Crippen molar-refractivity contribution in [3.63, 3.8) is 0 Å². The molecule has 124 valence electrons. The van der Waals surface area contributed by atoms with Crippen LogP contribution >= 0.6 is 0 Å². The van der Waals surface area contributed by atoms with E-state index in [0.717, 1.165) is 5.56 Å². The molecule has 2 aromatic rings. The number of hydrogen-bond acceptors (Lipinski definition) is 5. The number of amides is 1. The van der Waals surface area contributed by atoms with Crippen LogP contribution in [0.1, 0.15) is 28.8 Å². The molecule has 1 aliphatic rings. The lowest BCUT2D eigenvalue weighted by Gasteiger charge is -2.13. The number of nitro benzene ring substituents is 1. The molecular formula is C17H16N2O5. The average molecular weight is 328 g/mol. The summed E-state index contributed by atoms with van der Waals surface area (Å²) in [6.45, 7) is 2.53. The van der Waals surface area contributed by atoms with Crippen molar-refractivity contribution in [2.24, 2.45) is 0 Å². The number of benzene rings is 2. The molecule has 0 aromatic heterocycles. The molecule has 3 rings (SSSR count). The predicted molar refractivity (Wildman–Crippen MR) is 86.4 cm³/mol. The third-order valence-electron chi connectivity index (χ3n) is 3.88. The van der Waals surface area contributed by atoms with Crippen molar-refractivity contribution < 1.29 is 19.2 Å². The van der Waals surface area contributed by atoms with E-state index in [0.29, 0.717) is 23.6 Å². The first-order valence-corrected chi connectivity index (χ1v) is 7.47. The maximum Gasteiger partial charge on any atom is 0.269 e. The second-order valence-electron chi connectivity index (χ2n) is 5.53. The lowest BCUT2D eigenvalue weighted by atomic mass is 10.0. The molecule has 7 nitrogen and oxygen atoms in total. The summed E-state index contributed by atoms with van der Waals surface area (Å²) >= 11 is 0. The molecule has 0 saturated carbocycles. The number of fused-ring (bicyclic) bond motifs is 1. The highest BCUT2D eigenvalue weighted by molar-refractivity contribution is 5.94. The maximum atomic E-state index is 12.2. The second-order valence-corrected chi connectivity index (χ2v) is 5.53. The van der Waals surface area contributed by atoms with Gasteiger partial charge in [0.05, 0.1) is 4.92 Å². The minimum atomic E-state index is -0.435. The number of nitrogens with one attached hydrogen (secondary N) is 1. The van der Waals surface area contributed by atoms with Crippen molar-refractivity contribution in [3.8, 4) is 11.5 Å². The number of carbonyl (C=O) groups excluding carboxylic acids is 1. The van der Waals surface area contributed by atoms with Crippen LogP contribution in [0.15, 0.2) is 42.5 Å². The van der Waals surface area contributed by atoms with Crippen LogP contribution in [-0.4, -0.2) is 24.2 Å². The first-order valence-electron chi connectivity index (χ1n) is 7.47. The Morgan fingerprint density at radius 1 is 1.21 bits per heavy atom. The van der Waals surface area contributed by atoms with Gasteiger partial charge in [-0.2, -0.15) is 0 Å². The Kier molecular flexibility index (Phi) is 4.33. The van der Waals surface area contributed by atoms with E-state index in [9.17, 15) is 14.9 Å². The summed E-state index contributed by atoms with van der Waals surface area (Å²) in [5, 5.41) is 13.5. The monoisotopic (exact) mass is 328 g/mol.